The minimum Gasteiger partial charge on any atom is -0.502 e. The average molecular weight is 172 g/mol. The summed E-state index contributed by atoms with van der Waals surface area (Å²) in [6.45, 7) is 14.4. The Morgan fingerprint density at radius 2 is 1.67 bits per heavy atom. The van der Waals surface area contributed by atoms with E-state index in [9.17, 15) is 0 Å². The predicted molar refractivity (Wildman–Crippen MR) is 52.8 cm³/mol. The van der Waals surface area contributed by atoms with Crippen molar-refractivity contribution in [2.45, 2.75) is 20.8 Å². The summed E-state index contributed by atoms with van der Waals surface area (Å²) >= 11 is 0. The summed E-state index contributed by atoms with van der Waals surface area (Å²) in [7, 11) is 0. The SMILES string of the molecule is C=COCC.C=COCC(C)C. The van der Waals surface area contributed by atoms with E-state index in [0.717, 1.165) is 13.2 Å². The highest BCUT2D eigenvalue weighted by Crippen LogP contribution is 1.90. The zero-order chi connectivity index (χ0) is 9.82. The summed E-state index contributed by atoms with van der Waals surface area (Å²) in [5.41, 5.74) is 0. The molecule has 0 aliphatic heterocycles. The van der Waals surface area contributed by atoms with Gasteiger partial charge in [0.1, 0.15) is 0 Å². The maximum absolute atomic E-state index is 4.86. The van der Waals surface area contributed by atoms with Crippen molar-refractivity contribution >= 4 is 0 Å². The highest BCUT2D eigenvalue weighted by Gasteiger charge is 1.87. The Balaban J connectivity index is 0. The van der Waals surface area contributed by atoms with Gasteiger partial charge in [-0.3, -0.25) is 0 Å². The topological polar surface area (TPSA) is 18.5 Å². The van der Waals surface area contributed by atoms with Crippen molar-refractivity contribution in [2.24, 2.45) is 5.92 Å². The van der Waals surface area contributed by atoms with E-state index in [1.807, 2.05) is 6.92 Å². The molecule has 0 aromatic heterocycles. The second kappa shape index (κ2) is 12.7. The van der Waals surface area contributed by atoms with E-state index in [1.165, 1.54) is 12.5 Å². The molecule has 0 rings (SSSR count). The third-order valence-electron chi connectivity index (χ3n) is 0.832. The molecule has 0 saturated heterocycles. The largest absolute Gasteiger partial charge is 0.502 e. The first kappa shape index (κ1) is 13.7. The molecule has 12 heavy (non-hydrogen) atoms. The minimum atomic E-state index is 0.609. The van der Waals surface area contributed by atoms with Crippen LogP contribution in [0.25, 0.3) is 0 Å². The summed E-state index contributed by atoms with van der Waals surface area (Å²) in [5.74, 6) is 0.609. The van der Waals surface area contributed by atoms with Crippen molar-refractivity contribution in [3.63, 3.8) is 0 Å². The summed E-state index contributed by atoms with van der Waals surface area (Å²) < 4.78 is 9.46. The monoisotopic (exact) mass is 172 g/mol. The molecule has 2 nitrogen and oxygen atoms in total. The molecule has 0 saturated carbocycles. The summed E-state index contributed by atoms with van der Waals surface area (Å²) in [5, 5.41) is 0. The van der Waals surface area contributed by atoms with Gasteiger partial charge in [-0.15, -0.1) is 0 Å². The predicted octanol–water partition coefficient (Wildman–Crippen LogP) is 2.97. The van der Waals surface area contributed by atoms with Gasteiger partial charge in [0, 0.05) is 0 Å². The van der Waals surface area contributed by atoms with Crippen LogP contribution in [0.3, 0.4) is 0 Å². The van der Waals surface area contributed by atoms with Gasteiger partial charge in [-0.25, -0.2) is 0 Å². The second-order valence-corrected chi connectivity index (χ2v) is 2.52. The fraction of sp³-hybridized carbons (Fsp3) is 0.600. The minimum absolute atomic E-state index is 0.609. The lowest BCUT2D eigenvalue weighted by molar-refractivity contribution is 0.212. The van der Waals surface area contributed by atoms with Crippen molar-refractivity contribution in [1.82, 2.24) is 0 Å². The van der Waals surface area contributed by atoms with Gasteiger partial charge in [0.2, 0.25) is 0 Å². The average Bonchev–Trinajstić information content (AvgIpc) is 2.03. The first-order chi connectivity index (χ1) is 5.68. The maximum Gasteiger partial charge on any atom is 0.0895 e. The van der Waals surface area contributed by atoms with Crippen LogP contribution in [0.15, 0.2) is 25.7 Å². The molecule has 0 N–H and O–H groups in total. The van der Waals surface area contributed by atoms with Crippen molar-refractivity contribution < 1.29 is 9.47 Å². The van der Waals surface area contributed by atoms with Crippen LogP contribution < -0.4 is 0 Å². The van der Waals surface area contributed by atoms with E-state index in [2.05, 4.69) is 31.7 Å². The van der Waals surface area contributed by atoms with Crippen molar-refractivity contribution in [2.75, 3.05) is 13.2 Å². The Hall–Kier alpha value is -0.920. The molecule has 0 aliphatic carbocycles. The molecule has 0 spiro atoms. The first-order valence-electron chi connectivity index (χ1n) is 4.14. The zero-order valence-corrected chi connectivity index (χ0v) is 8.38. The van der Waals surface area contributed by atoms with Crippen LogP contribution in [0.1, 0.15) is 20.8 Å². The Labute approximate surface area is 75.9 Å². The highest BCUT2D eigenvalue weighted by atomic mass is 16.5. The van der Waals surface area contributed by atoms with Gasteiger partial charge in [-0.05, 0) is 12.8 Å². The standard InChI is InChI=1S/C6H12O.C4H8O/c1-4-7-5-6(2)3;1-3-5-4-2/h4,6H,1,5H2,2-3H3;3H,1,4H2,2H3. The van der Waals surface area contributed by atoms with Crippen LogP contribution in [-0.4, -0.2) is 13.2 Å². The van der Waals surface area contributed by atoms with Gasteiger partial charge < -0.3 is 9.47 Å². The van der Waals surface area contributed by atoms with Gasteiger partial charge in [0.15, 0.2) is 0 Å². The molecule has 0 aromatic carbocycles. The second-order valence-electron chi connectivity index (χ2n) is 2.52. The number of rotatable bonds is 5. The fourth-order valence-corrected chi connectivity index (χ4v) is 0.378. The van der Waals surface area contributed by atoms with Crippen molar-refractivity contribution in [1.29, 1.82) is 0 Å². The molecule has 0 heterocycles. The molecule has 2 heteroatoms. The first-order valence-corrected chi connectivity index (χ1v) is 4.14. The Morgan fingerprint density at radius 3 is 1.75 bits per heavy atom. The van der Waals surface area contributed by atoms with Crippen molar-refractivity contribution in [3.05, 3.63) is 25.7 Å². The van der Waals surface area contributed by atoms with Gasteiger partial charge in [0.05, 0.1) is 25.7 Å². The normalized spacial score (nSPS) is 8.00. The lowest BCUT2D eigenvalue weighted by atomic mass is 10.2. The van der Waals surface area contributed by atoms with E-state index >= 15 is 0 Å². The van der Waals surface area contributed by atoms with Crippen LogP contribution in [0.5, 0.6) is 0 Å². The van der Waals surface area contributed by atoms with Gasteiger partial charge in [0.25, 0.3) is 0 Å². The van der Waals surface area contributed by atoms with Gasteiger partial charge in [-0.1, -0.05) is 27.0 Å². The number of hydrogen-bond donors (Lipinski definition) is 0. The number of hydrogen-bond acceptors (Lipinski definition) is 2. The van der Waals surface area contributed by atoms with E-state index in [1.54, 1.807) is 0 Å². The van der Waals surface area contributed by atoms with E-state index in [-0.39, 0.29) is 0 Å². The lowest BCUT2D eigenvalue weighted by Crippen LogP contribution is -1.95. The molecule has 0 fully saturated rings. The molecule has 0 radical (unpaired) electrons. The molecule has 0 aliphatic rings. The summed E-state index contributed by atoms with van der Waals surface area (Å²) in [6.07, 6.45) is 2.90. The molecular weight excluding hydrogens is 152 g/mol. The van der Waals surface area contributed by atoms with E-state index in [4.69, 9.17) is 4.74 Å². The maximum atomic E-state index is 4.86. The summed E-state index contributed by atoms with van der Waals surface area (Å²) in [6, 6.07) is 0. The smallest absolute Gasteiger partial charge is 0.0895 e. The lowest BCUT2D eigenvalue weighted by Gasteiger charge is -2.00. The summed E-state index contributed by atoms with van der Waals surface area (Å²) in [4.78, 5) is 0. The Bertz CT molecular complexity index is 98.0. The molecule has 0 unspecified atom stereocenters. The third kappa shape index (κ3) is 23.0. The van der Waals surface area contributed by atoms with Crippen LogP contribution in [0, 0.1) is 5.92 Å². The highest BCUT2D eigenvalue weighted by molar-refractivity contribution is 4.50. The van der Waals surface area contributed by atoms with Crippen LogP contribution in [0.2, 0.25) is 0 Å². The van der Waals surface area contributed by atoms with Crippen LogP contribution >= 0.6 is 0 Å². The van der Waals surface area contributed by atoms with E-state index in [0.29, 0.717) is 5.92 Å². The molecule has 72 valence electrons. The fourth-order valence-electron chi connectivity index (χ4n) is 0.378. The van der Waals surface area contributed by atoms with Crippen molar-refractivity contribution in [3.8, 4) is 0 Å². The Kier molecular flexibility index (Phi) is 14.5. The van der Waals surface area contributed by atoms with Crippen LogP contribution in [-0.2, 0) is 9.47 Å². The molecular formula is C10H20O2. The van der Waals surface area contributed by atoms with E-state index < -0.39 is 0 Å². The molecule has 0 amide bonds. The zero-order valence-electron chi connectivity index (χ0n) is 8.38. The molecule has 0 aromatic rings. The number of ether oxygens (including phenoxy) is 2. The van der Waals surface area contributed by atoms with Gasteiger partial charge >= 0.3 is 0 Å². The molecule has 0 bridgehead atoms. The quantitative estimate of drug-likeness (QED) is 0.593. The van der Waals surface area contributed by atoms with Gasteiger partial charge in [-0.2, -0.15) is 0 Å². The Morgan fingerprint density at radius 1 is 1.17 bits per heavy atom. The third-order valence-corrected chi connectivity index (χ3v) is 0.832. The molecule has 0 atom stereocenters. The van der Waals surface area contributed by atoms with Crippen LogP contribution in [0.4, 0.5) is 0 Å².